The molecule has 3 rings (SSSR count). The number of ketones is 1. The Balaban J connectivity index is 1.88. The van der Waals surface area contributed by atoms with Crippen molar-refractivity contribution < 1.29 is 19.1 Å². The number of hydrogen-bond acceptors (Lipinski definition) is 5. The second-order valence-electron chi connectivity index (χ2n) is 7.57. The van der Waals surface area contributed by atoms with E-state index >= 15 is 0 Å². The molecule has 0 bridgehead atoms. The van der Waals surface area contributed by atoms with E-state index in [0.29, 0.717) is 47.0 Å². The molecule has 0 saturated heterocycles. The molecule has 1 atom stereocenters. The maximum absolute atomic E-state index is 13.1. The number of allylic oxidation sites excluding steroid dienone is 1. The van der Waals surface area contributed by atoms with Crippen molar-refractivity contribution in [2.75, 3.05) is 11.9 Å². The van der Waals surface area contributed by atoms with E-state index in [1.54, 1.807) is 44.4 Å². The van der Waals surface area contributed by atoms with E-state index in [0.717, 1.165) is 5.57 Å². The minimum Gasteiger partial charge on any atom is -0.479 e. The van der Waals surface area contributed by atoms with Gasteiger partial charge in [-0.05, 0) is 50.1 Å². The first-order valence-electron chi connectivity index (χ1n) is 9.26. The molecule has 1 N–H and O–H groups in total. The number of anilines is 1. The van der Waals surface area contributed by atoms with Gasteiger partial charge in [0.1, 0.15) is 12.1 Å². The normalized spacial score (nSPS) is 20.4. The average Bonchev–Trinajstić information content (AvgIpc) is 2.67. The number of halogens is 2. The zero-order chi connectivity index (χ0) is 21.2. The number of carbonyl (C=O) groups is 3. The smallest absolute Gasteiger partial charge is 0.244 e. The molecule has 1 aromatic rings. The van der Waals surface area contributed by atoms with Crippen LogP contribution in [0.1, 0.15) is 33.1 Å². The van der Waals surface area contributed by atoms with E-state index in [4.69, 9.17) is 27.9 Å². The maximum atomic E-state index is 13.1. The summed E-state index contributed by atoms with van der Waals surface area (Å²) in [6.45, 7) is 4.00. The Kier molecular flexibility index (Phi) is 6.46. The second kappa shape index (κ2) is 8.69. The molecule has 29 heavy (non-hydrogen) atoms. The number of aldehydes is 1. The summed E-state index contributed by atoms with van der Waals surface area (Å²) in [5, 5.41) is 3.68. The molecule has 6 nitrogen and oxygen atoms in total. The van der Waals surface area contributed by atoms with Gasteiger partial charge in [-0.3, -0.25) is 14.4 Å². The molecule has 0 radical (unpaired) electrons. The quantitative estimate of drug-likeness (QED) is 0.702. The molecule has 0 spiro atoms. The van der Waals surface area contributed by atoms with Gasteiger partial charge in [0.2, 0.25) is 5.91 Å². The van der Waals surface area contributed by atoms with Crippen LogP contribution in [0.25, 0.3) is 0 Å². The third-order valence-electron chi connectivity index (χ3n) is 5.20. The van der Waals surface area contributed by atoms with Gasteiger partial charge in [0, 0.05) is 40.7 Å². The van der Waals surface area contributed by atoms with Gasteiger partial charge in [-0.25, -0.2) is 4.90 Å². The number of carbonyl (C=O) groups excluding carboxylic acids is 3. The Morgan fingerprint density at radius 1 is 1.24 bits per heavy atom. The van der Waals surface area contributed by atoms with Crippen LogP contribution in [0.15, 0.2) is 41.7 Å². The summed E-state index contributed by atoms with van der Waals surface area (Å²) in [4.78, 5) is 38.3. The van der Waals surface area contributed by atoms with Crippen LogP contribution in [0.2, 0.25) is 10.0 Å². The maximum Gasteiger partial charge on any atom is 0.244 e. The third-order valence-corrected chi connectivity index (χ3v) is 5.63. The Hall–Kier alpha value is -2.15. The second-order valence-corrected chi connectivity index (χ2v) is 8.44. The summed E-state index contributed by atoms with van der Waals surface area (Å²) in [7, 11) is 0. The largest absolute Gasteiger partial charge is 0.479 e. The van der Waals surface area contributed by atoms with Crippen molar-refractivity contribution in [1.82, 2.24) is 4.90 Å². The fourth-order valence-corrected chi connectivity index (χ4v) is 4.06. The van der Waals surface area contributed by atoms with Gasteiger partial charge < -0.3 is 10.1 Å². The molecule has 0 saturated carbocycles. The first-order valence-corrected chi connectivity index (χ1v) is 10.0. The number of nitrogens with one attached hydrogen (secondary N) is 1. The third kappa shape index (κ3) is 4.71. The van der Waals surface area contributed by atoms with Gasteiger partial charge in [0.05, 0.1) is 11.8 Å². The Morgan fingerprint density at radius 3 is 2.59 bits per heavy atom. The lowest BCUT2D eigenvalue weighted by Crippen LogP contribution is -2.58. The highest BCUT2D eigenvalue weighted by atomic mass is 35.5. The Labute approximate surface area is 179 Å². The SMILES string of the molecule is CC(C)(C(=O)Nc1cc(Cl)cc(Cl)c1)N1CC=COC1C1=C(C=O)CC(=O)CC1. The van der Waals surface area contributed by atoms with Gasteiger partial charge in [-0.15, -0.1) is 0 Å². The molecule has 8 heteroatoms. The number of rotatable bonds is 5. The van der Waals surface area contributed by atoms with Crippen LogP contribution in [0.3, 0.4) is 0 Å². The predicted molar refractivity (Wildman–Crippen MR) is 112 cm³/mol. The minimum absolute atomic E-state index is 0.0311. The van der Waals surface area contributed by atoms with E-state index < -0.39 is 11.8 Å². The van der Waals surface area contributed by atoms with E-state index in [1.807, 2.05) is 4.90 Å². The molecular weight excluding hydrogens is 415 g/mol. The first kappa shape index (κ1) is 21.6. The molecule has 2 aliphatic rings. The summed E-state index contributed by atoms with van der Waals surface area (Å²) in [5.41, 5.74) is 0.675. The van der Waals surface area contributed by atoms with Gasteiger partial charge in [-0.1, -0.05) is 23.2 Å². The summed E-state index contributed by atoms with van der Waals surface area (Å²) in [6, 6.07) is 4.82. The van der Waals surface area contributed by atoms with Crippen molar-refractivity contribution in [2.45, 2.75) is 44.9 Å². The van der Waals surface area contributed by atoms with Crippen molar-refractivity contribution in [2.24, 2.45) is 0 Å². The molecule has 154 valence electrons. The first-order chi connectivity index (χ1) is 13.7. The van der Waals surface area contributed by atoms with Crippen LogP contribution in [0.4, 0.5) is 5.69 Å². The summed E-state index contributed by atoms with van der Waals surface area (Å²) in [5.74, 6) is -0.247. The molecule has 1 aromatic carbocycles. The molecule has 1 aliphatic heterocycles. The van der Waals surface area contributed by atoms with Crippen molar-refractivity contribution in [3.05, 3.63) is 51.7 Å². The molecular formula is C21H22Cl2N2O4. The molecule has 1 heterocycles. The van der Waals surface area contributed by atoms with Crippen molar-refractivity contribution >= 4 is 46.9 Å². The van der Waals surface area contributed by atoms with Crippen molar-refractivity contribution in [3.63, 3.8) is 0 Å². The van der Waals surface area contributed by atoms with Gasteiger partial charge in [0.25, 0.3) is 0 Å². The molecule has 0 aromatic heterocycles. The summed E-state index contributed by atoms with van der Waals surface area (Å²) in [6.07, 6.45) is 4.38. The average molecular weight is 437 g/mol. The van der Waals surface area contributed by atoms with E-state index in [-0.39, 0.29) is 18.1 Å². The zero-order valence-corrected chi connectivity index (χ0v) is 17.7. The molecule has 1 unspecified atom stereocenters. The summed E-state index contributed by atoms with van der Waals surface area (Å²) >= 11 is 12.0. The number of hydrogen-bond donors (Lipinski definition) is 1. The number of ether oxygens (including phenoxy) is 1. The predicted octanol–water partition coefficient (Wildman–Crippen LogP) is 4.13. The van der Waals surface area contributed by atoms with Gasteiger partial charge >= 0.3 is 0 Å². The minimum atomic E-state index is -0.993. The Bertz CT molecular complexity index is 888. The monoisotopic (exact) mass is 436 g/mol. The highest BCUT2D eigenvalue weighted by Crippen LogP contribution is 2.33. The van der Waals surface area contributed by atoms with Crippen molar-refractivity contribution in [3.8, 4) is 0 Å². The lowest BCUT2D eigenvalue weighted by Gasteiger charge is -2.44. The molecule has 1 amide bonds. The topological polar surface area (TPSA) is 75.7 Å². The number of amides is 1. The highest BCUT2D eigenvalue weighted by Gasteiger charge is 2.42. The lowest BCUT2D eigenvalue weighted by atomic mass is 9.88. The Morgan fingerprint density at radius 2 is 1.93 bits per heavy atom. The number of Topliss-reactive ketones (excluding diaryl/α,β-unsaturated/α-hetero) is 1. The zero-order valence-electron chi connectivity index (χ0n) is 16.2. The van der Waals surface area contributed by atoms with Gasteiger partial charge in [0.15, 0.2) is 6.23 Å². The number of nitrogens with zero attached hydrogens (tertiary/aromatic N) is 1. The van der Waals surface area contributed by atoms with E-state index in [2.05, 4.69) is 5.32 Å². The van der Waals surface area contributed by atoms with Crippen LogP contribution in [0, 0.1) is 0 Å². The van der Waals surface area contributed by atoms with Crippen LogP contribution in [-0.2, 0) is 19.1 Å². The van der Waals surface area contributed by atoms with E-state index in [9.17, 15) is 14.4 Å². The van der Waals surface area contributed by atoms with Crippen LogP contribution in [-0.4, -0.2) is 41.2 Å². The lowest BCUT2D eigenvalue weighted by molar-refractivity contribution is -0.134. The van der Waals surface area contributed by atoms with Gasteiger partial charge in [-0.2, -0.15) is 0 Å². The van der Waals surface area contributed by atoms with E-state index in [1.165, 1.54) is 0 Å². The van der Waals surface area contributed by atoms with Crippen LogP contribution >= 0.6 is 23.2 Å². The van der Waals surface area contributed by atoms with Crippen LogP contribution in [0.5, 0.6) is 0 Å². The summed E-state index contributed by atoms with van der Waals surface area (Å²) < 4.78 is 5.82. The molecule has 1 aliphatic carbocycles. The van der Waals surface area contributed by atoms with Crippen LogP contribution < -0.4 is 5.32 Å². The highest BCUT2D eigenvalue weighted by molar-refractivity contribution is 6.35. The fraction of sp³-hybridized carbons (Fsp3) is 0.381. The molecule has 0 fully saturated rings. The number of benzene rings is 1. The fourth-order valence-electron chi connectivity index (χ4n) is 3.54. The standard InChI is InChI=1S/C21H22Cl2N2O4/c1-21(2,20(28)24-16-10-14(22)9-15(23)11-16)25-6-3-7-29-19(25)18-5-4-17(27)8-13(18)12-26/h3,7,9-12,19H,4-6,8H2,1-2H3,(H,24,28). The van der Waals surface area contributed by atoms with Crippen molar-refractivity contribution in [1.29, 1.82) is 0 Å².